The van der Waals surface area contributed by atoms with E-state index in [1.54, 1.807) is 19.1 Å². The van der Waals surface area contributed by atoms with Crippen LogP contribution < -0.4 is 11.1 Å². The van der Waals surface area contributed by atoms with Crippen LogP contribution in [0.5, 0.6) is 0 Å². The maximum atomic E-state index is 11.8. The van der Waals surface area contributed by atoms with E-state index in [1.165, 1.54) is 19.1 Å². The highest BCUT2D eigenvalue weighted by Gasteiger charge is 2.27. The highest BCUT2D eigenvalue weighted by molar-refractivity contribution is 5.98. The van der Waals surface area contributed by atoms with E-state index in [0.29, 0.717) is 16.8 Å². The van der Waals surface area contributed by atoms with Gasteiger partial charge < -0.3 is 11.1 Å². The molecule has 1 aliphatic heterocycles. The third-order valence-corrected chi connectivity index (χ3v) is 3.04. The van der Waals surface area contributed by atoms with E-state index in [1.807, 2.05) is 0 Å². The molecule has 0 radical (unpaired) electrons. The lowest BCUT2D eigenvalue weighted by atomic mass is 9.93. The van der Waals surface area contributed by atoms with Crippen molar-refractivity contribution in [2.45, 2.75) is 19.9 Å². The molecule has 20 heavy (non-hydrogen) atoms. The zero-order valence-corrected chi connectivity index (χ0v) is 11.1. The Morgan fingerprint density at radius 3 is 2.80 bits per heavy atom. The van der Waals surface area contributed by atoms with Crippen molar-refractivity contribution >= 4 is 17.4 Å². The average molecular weight is 274 g/mol. The van der Waals surface area contributed by atoms with Gasteiger partial charge in [0.2, 0.25) is 0 Å². The summed E-state index contributed by atoms with van der Waals surface area (Å²) in [6.07, 6.45) is 0. The van der Waals surface area contributed by atoms with Gasteiger partial charge >= 0.3 is 0 Å². The molecule has 0 amide bonds. The molecule has 0 saturated heterocycles. The molecule has 0 bridgehead atoms. The van der Waals surface area contributed by atoms with Gasteiger partial charge in [0.05, 0.1) is 4.92 Å². The molecule has 3 N–H and O–H groups in total. The molecular weight excluding hydrogens is 260 g/mol. The lowest BCUT2D eigenvalue weighted by molar-refractivity contribution is -0.384. The van der Waals surface area contributed by atoms with Gasteiger partial charge in [-0.2, -0.15) is 0 Å². The Kier molecular flexibility index (Phi) is 3.51. The first kappa shape index (κ1) is 13.7. The van der Waals surface area contributed by atoms with Crippen LogP contribution in [0.4, 0.5) is 5.69 Å². The Morgan fingerprint density at radius 1 is 1.50 bits per heavy atom. The lowest BCUT2D eigenvalue weighted by Crippen LogP contribution is -2.36. The van der Waals surface area contributed by atoms with Crippen LogP contribution >= 0.6 is 0 Å². The standard InChI is InChI=1S/C13H14N4O3/c1-7-11(8(2)18)12(16-13(14)15-7)9-4-3-5-10(6-9)17(19)20/h3-6,12H,1-2H3,(H3,14,15,16). The maximum absolute atomic E-state index is 11.8. The molecule has 1 aliphatic rings. The maximum Gasteiger partial charge on any atom is 0.269 e. The second kappa shape index (κ2) is 5.12. The second-order valence-electron chi connectivity index (χ2n) is 4.49. The minimum Gasteiger partial charge on any atom is -0.370 e. The summed E-state index contributed by atoms with van der Waals surface area (Å²) in [6, 6.07) is 5.43. The van der Waals surface area contributed by atoms with Crippen LogP contribution in [-0.2, 0) is 4.79 Å². The van der Waals surface area contributed by atoms with E-state index in [0.717, 1.165) is 0 Å². The van der Waals surface area contributed by atoms with Gasteiger partial charge in [-0.25, -0.2) is 4.99 Å². The predicted molar refractivity (Wildman–Crippen MR) is 74.0 cm³/mol. The number of carbonyl (C=O) groups is 1. The zero-order chi connectivity index (χ0) is 14.9. The fourth-order valence-electron chi connectivity index (χ4n) is 2.21. The highest BCUT2D eigenvalue weighted by Crippen LogP contribution is 2.32. The summed E-state index contributed by atoms with van der Waals surface area (Å²) in [5, 5.41) is 13.6. The van der Waals surface area contributed by atoms with Crippen LogP contribution in [-0.4, -0.2) is 16.7 Å². The number of nitrogens with one attached hydrogen (secondary N) is 1. The molecule has 2 rings (SSSR count). The van der Waals surface area contributed by atoms with E-state index in [4.69, 9.17) is 5.73 Å². The summed E-state index contributed by atoms with van der Waals surface area (Å²) in [6.45, 7) is 3.16. The van der Waals surface area contributed by atoms with Crippen molar-refractivity contribution in [3.05, 3.63) is 51.2 Å². The SMILES string of the molecule is CC(=O)C1=C(C)NC(N)=NC1c1cccc([N+](=O)[O-])c1. The Morgan fingerprint density at radius 2 is 2.20 bits per heavy atom. The fraction of sp³-hybridized carbons (Fsp3) is 0.231. The van der Waals surface area contributed by atoms with E-state index in [9.17, 15) is 14.9 Å². The molecule has 0 fully saturated rings. The minimum absolute atomic E-state index is 0.0460. The Hall–Kier alpha value is -2.70. The number of hydrogen-bond donors (Lipinski definition) is 2. The van der Waals surface area contributed by atoms with Gasteiger partial charge in [0.15, 0.2) is 11.7 Å². The predicted octanol–water partition coefficient (Wildman–Crippen LogP) is 1.42. The fourth-order valence-corrected chi connectivity index (χ4v) is 2.21. The summed E-state index contributed by atoms with van der Waals surface area (Å²) >= 11 is 0. The summed E-state index contributed by atoms with van der Waals surface area (Å²) < 4.78 is 0. The number of non-ortho nitro benzene ring substituents is 1. The molecule has 0 spiro atoms. The summed E-state index contributed by atoms with van der Waals surface area (Å²) in [5.74, 6) is 0.0340. The molecule has 1 atom stereocenters. The van der Waals surface area contributed by atoms with Crippen LogP contribution in [0.3, 0.4) is 0 Å². The Bertz CT molecular complexity index is 649. The first-order valence-electron chi connectivity index (χ1n) is 5.96. The number of hydrogen-bond acceptors (Lipinski definition) is 6. The van der Waals surface area contributed by atoms with Gasteiger partial charge in [-0.3, -0.25) is 14.9 Å². The summed E-state index contributed by atoms with van der Waals surface area (Å²) in [4.78, 5) is 26.3. The largest absolute Gasteiger partial charge is 0.370 e. The number of guanidine groups is 1. The number of Topliss-reactive ketones (excluding diaryl/α,β-unsaturated/α-hetero) is 1. The monoisotopic (exact) mass is 274 g/mol. The number of nitro groups is 1. The Balaban J connectivity index is 2.53. The van der Waals surface area contributed by atoms with Gasteiger partial charge in [0.25, 0.3) is 5.69 Å². The average Bonchev–Trinajstić information content (AvgIpc) is 2.37. The number of allylic oxidation sites excluding steroid dienone is 1. The van der Waals surface area contributed by atoms with Crippen molar-refractivity contribution in [2.24, 2.45) is 10.7 Å². The molecule has 1 aromatic rings. The molecular formula is C13H14N4O3. The van der Waals surface area contributed by atoms with Gasteiger partial charge in [-0.1, -0.05) is 12.1 Å². The van der Waals surface area contributed by atoms with Crippen LogP contribution in [0.15, 0.2) is 40.5 Å². The number of nitro benzene ring substituents is 1. The minimum atomic E-state index is -0.617. The molecule has 0 aromatic heterocycles. The molecule has 1 heterocycles. The number of nitrogens with zero attached hydrogens (tertiary/aromatic N) is 2. The van der Waals surface area contributed by atoms with Crippen molar-refractivity contribution in [3.8, 4) is 0 Å². The van der Waals surface area contributed by atoms with Crippen LogP contribution in [0.1, 0.15) is 25.5 Å². The van der Waals surface area contributed by atoms with Crippen molar-refractivity contribution in [2.75, 3.05) is 0 Å². The van der Waals surface area contributed by atoms with E-state index >= 15 is 0 Å². The van der Waals surface area contributed by atoms with Crippen molar-refractivity contribution in [1.29, 1.82) is 0 Å². The van der Waals surface area contributed by atoms with Gasteiger partial charge in [0, 0.05) is 23.4 Å². The van der Waals surface area contributed by atoms with Gasteiger partial charge in [-0.15, -0.1) is 0 Å². The number of ketones is 1. The molecule has 1 aromatic carbocycles. The van der Waals surface area contributed by atoms with E-state index < -0.39 is 11.0 Å². The molecule has 104 valence electrons. The second-order valence-corrected chi connectivity index (χ2v) is 4.49. The first-order chi connectivity index (χ1) is 9.40. The number of rotatable bonds is 3. The highest BCUT2D eigenvalue weighted by atomic mass is 16.6. The van der Waals surface area contributed by atoms with E-state index in [2.05, 4.69) is 10.3 Å². The molecule has 0 aliphatic carbocycles. The molecule has 7 heteroatoms. The number of aliphatic imine (C=N–C) groups is 1. The molecule has 7 nitrogen and oxygen atoms in total. The quantitative estimate of drug-likeness (QED) is 0.639. The smallest absolute Gasteiger partial charge is 0.269 e. The topological polar surface area (TPSA) is 111 Å². The first-order valence-corrected chi connectivity index (χ1v) is 5.96. The lowest BCUT2D eigenvalue weighted by Gasteiger charge is -2.24. The summed E-state index contributed by atoms with van der Waals surface area (Å²) in [7, 11) is 0. The van der Waals surface area contributed by atoms with Gasteiger partial charge in [-0.05, 0) is 19.4 Å². The summed E-state index contributed by atoms with van der Waals surface area (Å²) in [5.41, 5.74) is 7.26. The van der Waals surface area contributed by atoms with Crippen LogP contribution in [0, 0.1) is 10.1 Å². The molecule has 0 saturated carbocycles. The van der Waals surface area contributed by atoms with Crippen molar-refractivity contribution in [3.63, 3.8) is 0 Å². The van der Waals surface area contributed by atoms with Crippen LogP contribution in [0.2, 0.25) is 0 Å². The Labute approximate surface area is 115 Å². The van der Waals surface area contributed by atoms with Crippen molar-refractivity contribution < 1.29 is 9.72 Å². The van der Waals surface area contributed by atoms with E-state index in [-0.39, 0.29) is 17.4 Å². The third-order valence-electron chi connectivity index (χ3n) is 3.04. The van der Waals surface area contributed by atoms with Crippen molar-refractivity contribution in [1.82, 2.24) is 5.32 Å². The van der Waals surface area contributed by atoms with Gasteiger partial charge in [0.1, 0.15) is 6.04 Å². The number of benzene rings is 1. The van der Waals surface area contributed by atoms with Crippen LogP contribution in [0.25, 0.3) is 0 Å². The number of nitrogens with two attached hydrogens (primary N) is 1. The normalized spacial score (nSPS) is 18.3. The zero-order valence-electron chi connectivity index (χ0n) is 11.1. The third kappa shape index (κ3) is 2.51. The number of carbonyl (C=O) groups excluding carboxylic acids is 1. The molecule has 1 unspecified atom stereocenters.